The maximum absolute atomic E-state index is 12.1. The van der Waals surface area contributed by atoms with Gasteiger partial charge in [0, 0.05) is 18.8 Å². The third kappa shape index (κ3) is 3.54. The normalized spacial score (nSPS) is 15.6. The maximum Gasteiger partial charge on any atom is 0.321 e. The minimum atomic E-state index is -0.935. The Morgan fingerprint density at radius 2 is 1.67 bits per heavy atom. The predicted molar refractivity (Wildman–Crippen MR) is 81.5 cm³/mol. The number of piperidine rings is 1. The van der Waals surface area contributed by atoms with Crippen LogP contribution in [0.15, 0.2) is 24.3 Å². The lowest BCUT2D eigenvalue weighted by molar-refractivity contribution is -0.142. The van der Waals surface area contributed by atoms with Crippen molar-refractivity contribution in [1.29, 1.82) is 0 Å². The molecule has 1 fully saturated rings. The molecule has 2 rings (SSSR count). The van der Waals surface area contributed by atoms with E-state index in [0.717, 1.165) is 25.9 Å². The van der Waals surface area contributed by atoms with Crippen molar-refractivity contribution < 1.29 is 14.7 Å². The van der Waals surface area contributed by atoms with E-state index in [4.69, 9.17) is 0 Å². The number of hydrogen-bond acceptors (Lipinski definition) is 2. The quantitative estimate of drug-likeness (QED) is 0.898. The molecule has 0 spiro atoms. The standard InChI is InChI=1S/C16H22N2O3/c1-16(2,14(19)20)12-6-8-13(9-7-12)17-15(21)18-10-4-3-5-11-18/h6-9H,3-5,10-11H2,1-2H3,(H,17,21)(H,19,20). The Hall–Kier alpha value is -2.04. The number of carbonyl (C=O) groups excluding carboxylic acids is 1. The van der Waals surface area contributed by atoms with Gasteiger partial charge in [-0.1, -0.05) is 12.1 Å². The highest BCUT2D eigenvalue weighted by molar-refractivity contribution is 5.89. The number of urea groups is 1. The fourth-order valence-electron chi connectivity index (χ4n) is 2.39. The minimum absolute atomic E-state index is 0.0834. The van der Waals surface area contributed by atoms with Crippen molar-refractivity contribution in [3.05, 3.63) is 29.8 Å². The van der Waals surface area contributed by atoms with Gasteiger partial charge in [-0.25, -0.2) is 4.79 Å². The number of likely N-dealkylation sites (tertiary alicyclic amines) is 1. The van der Waals surface area contributed by atoms with E-state index in [0.29, 0.717) is 11.3 Å². The summed E-state index contributed by atoms with van der Waals surface area (Å²) in [6, 6.07) is 6.92. The van der Waals surface area contributed by atoms with E-state index in [1.807, 2.05) is 4.90 Å². The van der Waals surface area contributed by atoms with Gasteiger partial charge in [0.1, 0.15) is 0 Å². The molecule has 2 N–H and O–H groups in total. The van der Waals surface area contributed by atoms with E-state index in [-0.39, 0.29) is 6.03 Å². The molecule has 1 aliphatic rings. The molecule has 0 aromatic heterocycles. The van der Waals surface area contributed by atoms with Crippen LogP contribution in [-0.2, 0) is 10.2 Å². The smallest absolute Gasteiger partial charge is 0.321 e. The van der Waals surface area contributed by atoms with Crippen molar-refractivity contribution in [3.8, 4) is 0 Å². The van der Waals surface area contributed by atoms with E-state index in [9.17, 15) is 14.7 Å². The summed E-state index contributed by atoms with van der Waals surface area (Å²) >= 11 is 0. The largest absolute Gasteiger partial charge is 0.481 e. The van der Waals surface area contributed by atoms with Crippen molar-refractivity contribution in [3.63, 3.8) is 0 Å². The van der Waals surface area contributed by atoms with Gasteiger partial charge < -0.3 is 15.3 Å². The van der Waals surface area contributed by atoms with Crippen LogP contribution >= 0.6 is 0 Å². The highest BCUT2D eigenvalue weighted by Crippen LogP contribution is 2.25. The topological polar surface area (TPSA) is 69.6 Å². The molecule has 5 nitrogen and oxygen atoms in total. The average Bonchev–Trinajstić information content (AvgIpc) is 2.48. The zero-order valence-electron chi connectivity index (χ0n) is 12.6. The Morgan fingerprint density at radius 3 is 2.19 bits per heavy atom. The first-order valence-electron chi connectivity index (χ1n) is 7.31. The number of carboxylic acid groups (broad SMARTS) is 1. The van der Waals surface area contributed by atoms with Crippen LogP contribution in [-0.4, -0.2) is 35.1 Å². The van der Waals surface area contributed by atoms with E-state index < -0.39 is 11.4 Å². The molecule has 1 aromatic carbocycles. The van der Waals surface area contributed by atoms with Crippen LogP contribution < -0.4 is 5.32 Å². The number of amides is 2. The highest BCUT2D eigenvalue weighted by Gasteiger charge is 2.29. The lowest BCUT2D eigenvalue weighted by Gasteiger charge is -2.27. The molecule has 21 heavy (non-hydrogen) atoms. The molecule has 1 heterocycles. The first kappa shape index (κ1) is 15.4. The van der Waals surface area contributed by atoms with Gasteiger partial charge >= 0.3 is 12.0 Å². The van der Waals surface area contributed by atoms with Crippen LogP contribution in [0, 0.1) is 0 Å². The van der Waals surface area contributed by atoms with E-state index in [2.05, 4.69) is 5.32 Å². The molecule has 1 aliphatic heterocycles. The monoisotopic (exact) mass is 290 g/mol. The fourth-order valence-corrected chi connectivity index (χ4v) is 2.39. The third-order valence-electron chi connectivity index (χ3n) is 4.04. The molecule has 0 bridgehead atoms. The number of rotatable bonds is 3. The second kappa shape index (κ2) is 6.16. The summed E-state index contributed by atoms with van der Waals surface area (Å²) in [6.45, 7) is 4.93. The number of carboxylic acids is 1. The van der Waals surface area contributed by atoms with Gasteiger partial charge in [-0.3, -0.25) is 4.79 Å². The van der Waals surface area contributed by atoms with Crippen LogP contribution in [0.2, 0.25) is 0 Å². The Morgan fingerprint density at radius 1 is 1.10 bits per heavy atom. The molecule has 114 valence electrons. The molecule has 1 aromatic rings. The lowest BCUT2D eigenvalue weighted by Crippen LogP contribution is -2.38. The molecule has 0 radical (unpaired) electrons. The number of benzene rings is 1. The molecule has 0 aliphatic carbocycles. The van der Waals surface area contributed by atoms with Gasteiger partial charge in [-0.2, -0.15) is 0 Å². The molecule has 1 saturated heterocycles. The first-order valence-corrected chi connectivity index (χ1v) is 7.31. The summed E-state index contributed by atoms with van der Waals surface area (Å²) in [7, 11) is 0. The van der Waals surface area contributed by atoms with Gasteiger partial charge in [-0.15, -0.1) is 0 Å². The molecular weight excluding hydrogens is 268 g/mol. The number of nitrogens with zero attached hydrogens (tertiary/aromatic N) is 1. The highest BCUT2D eigenvalue weighted by atomic mass is 16.4. The maximum atomic E-state index is 12.1. The molecule has 2 amide bonds. The van der Waals surface area contributed by atoms with Crippen molar-refractivity contribution in [1.82, 2.24) is 4.90 Å². The molecule has 0 atom stereocenters. The third-order valence-corrected chi connectivity index (χ3v) is 4.04. The van der Waals surface area contributed by atoms with Crippen LogP contribution in [0.25, 0.3) is 0 Å². The van der Waals surface area contributed by atoms with Crippen molar-refractivity contribution in [2.45, 2.75) is 38.5 Å². The van der Waals surface area contributed by atoms with Crippen LogP contribution in [0.4, 0.5) is 10.5 Å². The van der Waals surface area contributed by atoms with Crippen molar-refractivity contribution in [2.75, 3.05) is 18.4 Å². The number of anilines is 1. The SMILES string of the molecule is CC(C)(C(=O)O)c1ccc(NC(=O)N2CCCCC2)cc1. The van der Waals surface area contributed by atoms with E-state index in [1.165, 1.54) is 6.42 Å². The summed E-state index contributed by atoms with van der Waals surface area (Å²) < 4.78 is 0. The fraction of sp³-hybridized carbons (Fsp3) is 0.500. The van der Waals surface area contributed by atoms with Gasteiger partial charge in [0.2, 0.25) is 0 Å². The zero-order valence-corrected chi connectivity index (χ0v) is 12.6. The van der Waals surface area contributed by atoms with Crippen molar-refractivity contribution in [2.24, 2.45) is 0 Å². The molecule has 5 heteroatoms. The van der Waals surface area contributed by atoms with Gasteiger partial charge in [0.15, 0.2) is 0 Å². The Kier molecular flexibility index (Phi) is 4.50. The molecule has 0 saturated carbocycles. The summed E-state index contributed by atoms with van der Waals surface area (Å²) in [5.74, 6) is -0.868. The average molecular weight is 290 g/mol. The number of carbonyl (C=O) groups is 2. The summed E-state index contributed by atoms with van der Waals surface area (Å²) in [5, 5.41) is 12.1. The summed E-state index contributed by atoms with van der Waals surface area (Å²) in [6.07, 6.45) is 3.29. The first-order chi connectivity index (χ1) is 9.91. The van der Waals surface area contributed by atoms with Gasteiger partial charge in [0.05, 0.1) is 5.41 Å². The second-order valence-corrected chi connectivity index (χ2v) is 5.99. The molecular formula is C16H22N2O3. The van der Waals surface area contributed by atoms with E-state index >= 15 is 0 Å². The van der Waals surface area contributed by atoms with Crippen LogP contribution in [0.3, 0.4) is 0 Å². The lowest BCUT2D eigenvalue weighted by atomic mass is 9.85. The Labute approximate surface area is 125 Å². The minimum Gasteiger partial charge on any atom is -0.481 e. The van der Waals surface area contributed by atoms with Crippen LogP contribution in [0.1, 0.15) is 38.7 Å². The molecule has 0 unspecified atom stereocenters. The Balaban J connectivity index is 2.02. The van der Waals surface area contributed by atoms with Crippen molar-refractivity contribution >= 4 is 17.7 Å². The Bertz CT molecular complexity index is 517. The van der Waals surface area contributed by atoms with Gasteiger partial charge in [-0.05, 0) is 50.8 Å². The predicted octanol–water partition coefficient (Wildman–Crippen LogP) is 3.07. The second-order valence-electron chi connectivity index (χ2n) is 5.99. The zero-order chi connectivity index (χ0) is 15.5. The van der Waals surface area contributed by atoms with E-state index in [1.54, 1.807) is 38.1 Å². The van der Waals surface area contributed by atoms with Gasteiger partial charge in [0.25, 0.3) is 0 Å². The number of aliphatic carboxylic acids is 1. The summed E-state index contributed by atoms with van der Waals surface area (Å²) in [4.78, 5) is 25.1. The number of hydrogen-bond donors (Lipinski definition) is 2. The van der Waals surface area contributed by atoms with Crippen LogP contribution in [0.5, 0.6) is 0 Å². The number of nitrogens with one attached hydrogen (secondary N) is 1. The summed E-state index contributed by atoms with van der Waals surface area (Å²) in [5.41, 5.74) is 0.469.